The summed E-state index contributed by atoms with van der Waals surface area (Å²) < 4.78 is 37.9. The fraction of sp³-hybridized carbons (Fsp3) is 0.737. The quantitative estimate of drug-likeness (QED) is 0.554. The summed E-state index contributed by atoms with van der Waals surface area (Å²) in [6, 6.07) is -3.21. The van der Waals surface area contributed by atoms with Crippen LogP contribution < -0.4 is 10.6 Å². The number of nitrogens with one attached hydrogen (secondary N) is 2. The third-order valence-electron chi connectivity index (χ3n) is 5.09. The number of aromatic nitrogens is 2. The number of morpholine rings is 1. The van der Waals surface area contributed by atoms with E-state index < -0.39 is 42.1 Å². The van der Waals surface area contributed by atoms with Gasteiger partial charge < -0.3 is 24.7 Å². The lowest BCUT2D eigenvalue weighted by atomic mass is 10.1. The van der Waals surface area contributed by atoms with Crippen molar-refractivity contribution in [1.82, 2.24) is 25.7 Å². The van der Waals surface area contributed by atoms with E-state index in [1.165, 1.54) is 4.90 Å². The molecule has 1 unspecified atom stereocenters. The van der Waals surface area contributed by atoms with E-state index in [2.05, 4.69) is 20.8 Å². The number of urea groups is 1. The summed E-state index contributed by atoms with van der Waals surface area (Å²) in [5, 5.41) is 12.4. The van der Waals surface area contributed by atoms with Crippen molar-refractivity contribution in [3.63, 3.8) is 0 Å². The van der Waals surface area contributed by atoms with Crippen LogP contribution in [0.5, 0.6) is 0 Å². The van der Waals surface area contributed by atoms with Gasteiger partial charge in [-0.1, -0.05) is 6.92 Å². The minimum absolute atomic E-state index is 0.162. The molecule has 1 aromatic heterocycles. The molecule has 1 aliphatic heterocycles. The molecule has 172 valence electrons. The Balaban J connectivity index is 1.66. The Kier molecular flexibility index (Phi) is 7.19. The molecule has 1 aliphatic carbocycles. The summed E-state index contributed by atoms with van der Waals surface area (Å²) in [5.74, 6) is -4.38. The number of halogens is 2. The minimum Gasteiger partial charge on any atom is -0.418 e. The number of carbonyl (C=O) groups is 3. The van der Waals surface area contributed by atoms with Crippen molar-refractivity contribution in [3.05, 3.63) is 11.8 Å². The maximum absolute atomic E-state index is 13.7. The van der Waals surface area contributed by atoms with Gasteiger partial charge in [-0.2, -0.15) is 0 Å². The highest BCUT2D eigenvalue weighted by Gasteiger charge is 2.36. The van der Waals surface area contributed by atoms with E-state index in [0.29, 0.717) is 39.1 Å². The van der Waals surface area contributed by atoms with Crippen LogP contribution in [0.2, 0.25) is 0 Å². The zero-order valence-corrected chi connectivity index (χ0v) is 17.5. The second kappa shape index (κ2) is 9.67. The lowest BCUT2D eigenvalue weighted by molar-refractivity contribution is -0.125. The molecule has 1 saturated carbocycles. The molecule has 2 heterocycles. The first-order valence-electron chi connectivity index (χ1n) is 10.4. The highest BCUT2D eigenvalue weighted by atomic mass is 19.3. The minimum atomic E-state index is -3.21. The highest BCUT2D eigenvalue weighted by molar-refractivity contribution is 5.99. The third-order valence-corrected chi connectivity index (χ3v) is 5.09. The number of nitrogens with zero attached hydrogens (tertiary/aromatic N) is 3. The number of ketones is 1. The van der Waals surface area contributed by atoms with Crippen molar-refractivity contribution in [3.8, 4) is 0 Å². The van der Waals surface area contributed by atoms with E-state index in [1.54, 1.807) is 6.92 Å². The van der Waals surface area contributed by atoms with Crippen LogP contribution in [0.3, 0.4) is 0 Å². The van der Waals surface area contributed by atoms with Gasteiger partial charge in [-0.3, -0.25) is 9.59 Å². The summed E-state index contributed by atoms with van der Waals surface area (Å²) >= 11 is 0. The van der Waals surface area contributed by atoms with Gasteiger partial charge in [0.15, 0.2) is 0 Å². The van der Waals surface area contributed by atoms with Crippen LogP contribution >= 0.6 is 0 Å². The highest BCUT2D eigenvalue weighted by Crippen LogP contribution is 2.39. The van der Waals surface area contributed by atoms with Crippen molar-refractivity contribution < 1.29 is 32.3 Å². The number of Topliss-reactive ketones (excluding diaryl/α,β-unsaturated/α-hetero) is 1. The van der Waals surface area contributed by atoms with Gasteiger partial charge in [0, 0.05) is 25.4 Å². The number of hydrogen-bond donors (Lipinski definition) is 2. The number of carbonyl (C=O) groups excluding carboxylic acids is 3. The Morgan fingerprint density at radius 1 is 1.16 bits per heavy atom. The first-order valence-corrected chi connectivity index (χ1v) is 10.4. The summed E-state index contributed by atoms with van der Waals surface area (Å²) in [7, 11) is 0. The zero-order chi connectivity index (χ0) is 22.6. The average molecular weight is 443 g/mol. The molecule has 1 aromatic rings. The van der Waals surface area contributed by atoms with Crippen LogP contribution in [0.25, 0.3) is 0 Å². The summed E-state index contributed by atoms with van der Waals surface area (Å²) in [4.78, 5) is 39.2. The van der Waals surface area contributed by atoms with Crippen LogP contribution in [0.4, 0.5) is 13.6 Å². The predicted molar refractivity (Wildman–Crippen MR) is 103 cm³/mol. The lowest BCUT2D eigenvalue weighted by Gasteiger charge is -2.30. The van der Waals surface area contributed by atoms with Gasteiger partial charge in [-0.25, -0.2) is 13.6 Å². The van der Waals surface area contributed by atoms with Crippen molar-refractivity contribution in [2.24, 2.45) is 0 Å². The molecule has 31 heavy (non-hydrogen) atoms. The second-order valence-corrected chi connectivity index (χ2v) is 7.93. The Morgan fingerprint density at radius 2 is 1.84 bits per heavy atom. The molecule has 2 N–H and O–H groups in total. The number of hydrogen-bond acceptors (Lipinski definition) is 7. The van der Waals surface area contributed by atoms with Gasteiger partial charge in [-0.05, 0) is 26.2 Å². The van der Waals surface area contributed by atoms with Crippen LogP contribution in [0.15, 0.2) is 4.42 Å². The molecule has 12 heteroatoms. The van der Waals surface area contributed by atoms with Gasteiger partial charge in [0.25, 0.3) is 5.89 Å². The number of alkyl halides is 2. The molecule has 1 saturated heterocycles. The molecule has 2 aliphatic rings. The molecule has 2 atom stereocenters. The van der Waals surface area contributed by atoms with E-state index in [-0.39, 0.29) is 18.2 Å². The predicted octanol–water partition coefficient (Wildman–Crippen LogP) is 1.48. The zero-order valence-electron chi connectivity index (χ0n) is 17.5. The average Bonchev–Trinajstić information content (AvgIpc) is 3.47. The number of ether oxygens (including phenoxy) is 1. The maximum Gasteiger partial charge on any atom is 0.318 e. The Hall–Kier alpha value is -2.63. The molecular weight excluding hydrogens is 416 g/mol. The molecule has 0 aromatic carbocycles. The fourth-order valence-corrected chi connectivity index (χ4v) is 3.18. The molecule has 3 amide bonds. The van der Waals surface area contributed by atoms with Gasteiger partial charge in [0.05, 0.1) is 19.3 Å². The molecular formula is C19H27F2N5O5. The van der Waals surface area contributed by atoms with Crippen LogP contribution in [0.1, 0.15) is 62.0 Å². The molecule has 0 bridgehead atoms. The first kappa shape index (κ1) is 23.0. The van der Waals surface area contributed by atoms with E-state index in [0.717, 1.165) is 12.8 Å². The lowest BCUT2D eigenvalue weighted by Crippen LogP contribution is -2.56. The standard InChI is InChI=1S/C19H27F2N5O5/c1-3-12(14(27)17-25-24-16(31-17)11-4-5-11)22-15(28)13(10-19(2,20)21)23-18(29)26-6-8-30-9-7-26/h11-13H,3-10H2,1-2H3,(H,22,28)(H,23,29)/t12?,13-/m0/s1. The Labute approximate surface area is 178 Å². The molecule has 3 rings (SSSR count). The Bertz CT molecular complexity index is 802. The molecule has 0 radical (unpaired) electrons. The largest absolute Gasteiger partial charge is 0.418 e. The number of amides is 3. The van der Waals surface area contributed by atoms with Crippen molar-refractivity contribution in [1.29, 1.82) is 0 Å². The van der Waals surface area contributed by atoms with Gasteiger partial charge in [-0.15, -0.1) is 10.2 Å². The Morgan fingerprint density at radius 3 is 2.42 bits per heavy atom. The normalized spacial score (nSPS) is 18.9. The van der Waals surface area contributed by atoms with Crippen LogP contribution in [0, 0.1) is 0 Å². The summed E-state index contributed by atoms with van der Waals surface area (Å²) in [6.45, 7) is 3.55. The molecule has 2 fully saturated rings. The van der Waals surface area contributed by atoms with Gasteiger partial charge in [0.1, 0.15) is 6.04 Å². The fourth-order valence-electron chi connectivity index (χ4n) is 3.18. The van der Waals surface area contributed by atoms with Crippen LogP contribution in [-0.4, -0.2) is 77.1 Å². The van der Waals surface area contributed by atoms with E-state index in [9.17, 15) is 23.2 Å². The smallest absolute Gasteiger partial charge is 0.318 e. The summed E-state index contributed by atoms with van der Waals surface area (Å²) in [6.07, 6.45) is 1.10. The topological polar surface area (TPSA) is 127 Å². The van der Waals surface area contributed by atoms with E-state index in [1.807, 2.05) is 0 Å². The number of rotatable bonds is 9. The molecule has 0 spiro atoms. The van der Waals surface area contributed by atoms with Crippen molar-refractivity contribution in [2.45, 2.75) is 63.5 Å². The monoisotopic (exact) mass is 443 g/mol. The third kappa shape index (κ3) is 6.42. The maximum atomic E-state index is 13.7. The van der Waals surface area contributed by atoms with Crippen LogP contribution in [-0.2, 0) is 9.53 Å². The SMILES string of the molecule is CCC(NC(=O)[C@H](CC(C)(F)F)NC(=O)N1CCOCC1)C(=O)c1nnc(C2CC2)o1. The summed E-state index contributed by atoms with van der Waals surface area (Å²) in [5.41, 5.74) is 0. The first-order chi connectivity index (χ1) is 14.7. The van der Waals surface area contributed by atoms with Crippen molar-refractivity contribution >= 4 is 17.7 Å². The van der Waals surface area contributed by atoms with Gasteiger partial charge in [0.2, 0.25) is 23.5 Å². The van der Waals surface area contributed by atoms with E-state index in [4.69, 9.17) is 9.15 Å². The molecule has 10 nitrogen and oxygen atoms in total. The van der Waals surface area contributed by atoms with Crippen molar-refractivity contribution in [2.75, 3.05) is 26.3 Å². The van der Waals surface area contributed by atoms with Gasteiger partial charge >= 0.3 is 6.03 Å². The van der Waals surface area contributed by atoms with E-state index >= 15 is 0 Å². The second-order valence-electron chi connectivity index (χ2n) is 7.93.